The van der Waals surface area contributed by atoms with E-state index in [0.717, 1.165) is 10.0 Å². The van der Waals surface area contributed by atoms with E-state index >= 15 is 0 Å². The van der Waals surface area contributed by atoms with Gasteiger partial charge in [0.1, 0.15) is 0 Å². The molecule has 0 aliphatic carbocycles. The number of halogens is 2. The zero-order valence-corrected chi connectivity index (χ0v) is 10.5. The van der Waals surface area contributed by atoms with E-state index in [9.17, 15) is 4.79 Å². The van der Waals surface area contributed by atoms with Crippen LogP contribution in [-0.4, -0.2) is 13.1 Å². The van der Waals surface area contributed by atoms with Crippen molar-refractivity contribution in [3.8, 4) is 10.8 Å². The zero-order chi connectivity index (χ0) is 10.6. The molecule has 1 rings (SSSR count). The summed E-state index contributed by atoms with van der Waals surface area (Å²) in [4.78, 5) is 13.8. The highest BCUT2D eigenvalue weighted by Crippen LogP contribution is 2.18. The van der Waals surface area contributed by atoms with Crippen LogP contribution in [0.4, 0.5) is 0 Å². The van der Waals surface area contributed by atoms with E-state index < -0.39 is 0 Å². The molecule has 1 aromatic carbocycles. The number of carbonyl (C=O) groups is 1. The average Bonchev–Trinajstić information content (AvgIpc) is 2.20. The standard InChI is InChI=1S/C10H6Br2O2/c1-14-10(13)8-3-2-7(4-5-11)9(12)6-8/h2-3,6H,1H3. The number of carbonyl (C=O) groups excluding carboxylic acids is 1. The van der Waals surface area contributed by atoms with Gasteiger partial charge in [-0.3, -0.25) is 0 Å². The second kappa shape index (κ2) is 5.18. The van der Waals surface area contributed by atoms with E-state index in [0.29, 0.717) is 5.56 Å². The highest BCUT2D eigenvalue weighted by molar-refractivity contribution is 9.12. The van der Waals surface area contributed by atoms with E-state index in [-0.39, 0.29) is 5.97 Å². The Balaban J connectivity index is 3.10. The van der Waals surface area contributed by atoms with Crippen molar-refractivity contribution in [2.75, 3.05) is 7.11 Å². The van der Waals surface area contributed by atoms with Crippen LogP contribution in [0.15, 0.2) is 22.7 Å². The molecule has 0 aliphatic heterocycles. The van der Waals surface area contributed by atoms with Gasteiger partial charge in [-0.25, -0.2) is 4.79 Å². The van der Waals surface area contributed by atoms with E-state index in [1.165, 1.54) is 7.11 Å². The number of rotatable bonds is 1. The number of methoxy groups -OCH3 is 1. The van der Waals surface area contributed by atoms with E-state index in [1.807, 2.05) is 0 Å². The predicted octanol–water partition coefficient (Wildman–Crippen LogP) is 2.94. The summed E-state index contributed by atoms with van der Waals surface area (Å²) >= 11 is 6.32. The molecular weight excluding hydrogens is 312 g/mol. The molecule has 0 fully saturated rings. The molecule has 0 aromatic heterocycles. The SMILES string of the molecule is COC(=O)c1ccc(C#CBr)c(Br)c1. The van der Waals surface area contributed by atoms with Crippen molar-refractivity contribution >= 4 is 37.8 Å². The average molecular weight is 318 g/mol. The number of hydrogen-bond donors (Lipinski definition) is 0. The lowest BCUT2D eigenvalue weighted by Crippen LogP contribution is -2.00. The van der Waals surface area contributed by atoms with Crippen molar-refractivity contribution in [3.05, 3.63) is 33.8 Å². The number of ether oxygens (including phenoxy) is 1. The van der Waals surface area contributed by atoms with Crippen molar-refractivity contribution < 1.29 is 9.53 Å². The predicted molar refractivity (Wildman–Crippen MR) is 61.3 cm³/mol. The molecule has 0 saturated heterocycles. The number of esters is 1. The summed E-state index contributed by atoms with van der Waals surface area (Å²) in [7, 11) is 1.35. The molecule has 1 aromatic rings. The Hall–Kier alpha value is -0.790. The van der Waals surface area contributed by atoms with Crippen LogP contribution in [-0.2, 0) is 4.74 Å². The Bertz CT molecular complexity index is 416. The van der Waals surface area contributed by atoms with Crippen molar-refractivity contribution in [2.45, 2.75) is 0 Å². The molecule has 0 amide bonds. The lowest BCUT2D eigenvalue weighted by molar-refractivity contribution is 0.0600. The minimum atomic E-state index is -0.357. The van der Waals surface area contributed by atoms with E-state index in [4.69, 9.17) is 0 Å². The third-order valence-corrected chi connectivity index (χ3v) is 2.43. The van der Waals surface area contributed by atoms with Crippen LogP contribution < -0.4 is 0 Å². The van der Waals surface area contributed by atoms with Crippen LogP contribution in [0.2, 0.25) is 0 Å². The molecule has 0 spiro atoms. The Labute approximate surface area is 98.9 Å². The molecule has 0 aliphatic rings. The first-order chi connectivity index (χ1) is 6.69. The zero-order valence-electron chi connectivity index (χ0n) is 7.30. The molecule has 0 radical (unpaired) electrons. The summed E-state index contributed by atoms with van der Waals surface area (Å²) in [6.45, 7) is 0. The number of hydrogen-bond acceptors (Lipinski definition) is 2. The maximum Gasteiger partial charge on any atom is 0.337 e. The molecule has 0 heterocycles. The molecule has 14 heavy (non-hydrogen) atoms. The van der Waals surface area contributed by atoms with Gasteiger partial charge in [-0.15, -0.1) is 0 Å². The lowest BCUT2D eigenvalue weighted by Gasteiger charge is -2.00. The van der Waals surface area contributed by atoms with E-state index in [2.05, 4.69) is 47.3 Å². The van der Waals surface area contributed by atoms with Crippen molar-refractivity contribution in [1.82, 2.24) is 0 Å². The normalized spacial score (nSPS) is 8.79. The fourth-order valence-electron chi connectivity index (χ4n) is 0.912. The molecule has 0 atom stereocenters. The fourth-order valence-corrected chi connectivity index (χ4v) is 1.60. The van der Waals surface area contributed by atoms with Gasteiger partial charge < -0.3 is 4.74 Å². The second-order valence-corrected chi connectivity index (χ2v) is 3.66. The topological polar surface area (TPSA) is 26.3 Å². The highest BCUT2D eigenvalue weighted by Gasteiger charge is 2.06. The van der Waals surface area contributed by atoms with Gasteiger partial charge in [-0.05, 0) is 39.0 Å². The summed E-state index contributed by atoms with van der Waals surface area (Å²) in [5.41, 5.74) is 1.31. The van der Waals surface area contributed by atoms with Gasteiger partial charge >= 0.3 is 5.97 Å². The van der Waals surface area contributed by atoms with Gasteiger partial charge in [0.05, 0.1) is 12.7 Å². The first-order valence-electron chi connectivity index (χ1n) is 3.68. The summed E-state index contributed by atoms with van der Waals surface area (Å²) in [5.74, 6) is 2.47. The maximum absolute atomic E-state index is 11.1. The third-order valence-electron chi connectivity index (χ3n) is 1.57. The maximum atomic E-state index is 11.1. The third kappa shape index (κ3) is 2.60. The van der Waals surface area contributed by atoms with Crippen LogP contribution in [0, 0.1) is 10.8 Å². The summed E-state index contributed by atoms with van der Waals surface area (Å²) in [6.07, 6.45) is 0. The van der Waals surface area contributed by atoms with Gasteiger partial charge in [0, 0.05) is 26.0 Å². The first kappa shape index (κ1) is 11.3. The smallest absolute Gasteiger partial charge is 0.337 e. The number of benzene rings is 1. The lowest BCUT2D eigenvalue weighted by atomic mass is 10.1. The Morgan fingerprint density at radius 1 is 1.50 bits per heavy atom. The van der Waals surface area contributed by atoms with Gasteiger partial charge in [-0.1, -0.05) is 5.92 Å². The minimum Gasteiger partial charge on any atom is -0.465 e. The molecule has 0 unspecified atom stereocenters. The Kier molecular flexibility index (Phi) is 4.18. The largest absolute Gasteiger partial charge is 0.465 e. The van der Waals surface area contributed by atoms with E-state index in [1.54, 1.807) is 18.2 Å². The summed E-state index contributed by atoms with van der Waals surface area (Å²) in [5, 5.41) is 0. The Morgan fingerprint density at radius 3 is 2.71 bits per heavy atom. The fraction of sp³-hybridized carbons (Fsp3) is 0.100. The van der Waals surface area contributed by atoms with Gasteiger partial charge in [0.25, 0.3) is 0 Å². The van der Waals surface area contributed by atoms with Crippen LogP contribution >= 0.6 is 31.9 Å². The molecule has 72 valence electrons. The second-order valence-electron chi connectivity index (χ2n) is 2.41. The summed E-state index contributed by atoms with van der Waals surface area (Å²) in [6, 6.07) is 5.10. The molecular formula is C10H6Br2O2. The van der Waals surface area contributed by atoms with Crippen LogP contribution in [0.3, 0.4) is 0 Å². The van der Waals surface area contributed by atoms with Gasteiger partial charge in [0.15, 0.2) is 0 Å². The molecule has 4 heteroatoms. The monoisotopic (exact) mass is 316 g/mol. The molecule has 2 nitrogen and oxygen atoms in total. The van der Waals surface area contributed by atoms with Crippen molar-refractivity contribution in [1.29, 1.82) is 0 Å². The highest BCUT2D eigenvalue weighted by atomic mass is 79.9. The van der Waals surface area contributed by atoms with Gasteiger partial charge in [0.2, 0.25) is 0 Å². The van der Waals surface area contributed by atoms with Crippen molar-refractivity contribution in [3.63, 3.8) is 0 Å². The van der Waals surface area contributed by atoms with Crippen LogP contribution in [0.5, 0.6) is 0 Å². The van der Waals surface area contributed by atoms with Crippen molar-refractivity contribution in [2.24, 2.45) is 0 Å². The van der Waals surface area contributed by atoms with Crippen LogP contribution in [0.1, 0.15) is 15.9 Å². The molecule has 0 saturated carbocycles. The van der Waals surface area contributed by atoms with Crippen LogP contribution in [0.25, 0.3) is 0 Å². The molecule has 0 N–H and O–H groups in total. The van der Waals surface area contributed by atoms with Gasteiger partial charge in [-0.2, -0.15) is 0 Å². The minimum absolute atomic E-state index is 0.357. The molecule has 0 bridgehead atoms. The Morgan fingerprint density at radius 2 is 2.21 bits per heavy atom. The quantitative estimate of drug-likeness (QED) is 0.588. The summed E-state index contributed by atoms with van der Waals surface area (Å²) < 4.78 is 5.36. The first-order valence-corrected chi connectivity index (χ1v) is 5.27.